The number of H-pyrrole nitrogens is 2. The molecular formula is C8H6FN5O4. The SMILES string of the molecule is O=c1[nH]c(=O)n(Cc2cnc([N+](=O)[O-])[nH]2)cc1F. The molecule has 10 heteroatoms. The molecule has 2 aromatic heterocycles. The molecule has 0 aliphatic heterocycles. The normalized spacial score (nSPS) is 10.5. The van der Waals surface area contributed by atoms with E-state index in [9.17, 15) is 24.1 Å². The van der Waals surface area contributed by atoms with Crippen molar-refractivity contribution in [1.82, 2.24) is 19.5 Å². The summed E-state index contributed by atoms with van der Waals surface area (Å²) in [6.45, 7) is -0.173. The Morgan fingerprint density at radius 1 is 1.44 bits per heavy atom. The van der Waals surface area contributed by atoms with Crippen LogP contribution in [0, 0.1) is 15.9 Å². The van der Waals surface area contributed by atoms with Crippen LogP contribution in [0.5, 0.6) is 0 Å². The Morgan fingerprint density at radius 2 is 2.17 bits per heavy atom. The number of imidazole rings is 1. The zero-order valence-electron chi connectivity index (χ0n) is 8.71. The maximum atomic E-state index is 13.0. The first-order chi connectivity index (χ1) is 8.47. The van der Waals surface area contributed by atoms with Crippen LogP contribution < -0.4 is 11.2 Å². The van der Waals surface area contributed by atoms with Crippen molar-refractivity contribution >= 4 is 5.95 Å². The van der Waals surface area contributed by atoms with E-state index in [4.69, 9.17) is 0 Å². The van der Waals surface area contributed by atoms with Crippen molar-refractivity contribution in [3.63, 3.8) is 0 Å². The summed E-state index contributed by atoms with van der Waals surface area (Å²) in [6, 6.07) is 0. The van der Waals surface area contributed by atoms with Gasteiger partial charge in [-0.15, -0.1) is 0 Å². The third-order valence-corrected chi connectivity index (χ3v) is 2.10. The van der Waals surface area contributed by atoms with E-state index in [2.05, 4.69) is 9.97 Å². The summed E-state index contributed by atoms with van der Waals surface area (Å²) in [6.07, 6.45) is 1.86. The second kappa shape index (κ2) is 4.24. The molecule has 0 aliphatic carbocycles. The van der Waals surface area contributed by atoms with Gasteiger partial charge in [0.15, 0.2) is 0 Å². The average molecular weight is 255 g/mol. The minimum atomic E-state index is -1.12. The molecule has 0 aliphatic rings. The minimum Gasteiger partial charge on any atom is -0.390 e. The highest BCUT2D eigenvalue weighted by Gasteiger charge is 2.12. The number of aromatic amines is 2. The van der Waals surface area contributed by atoms with Crippen LogP contribution in [0.2, 0.25) is 0 Å². The summed E-state index contributed by atoms with van der Waals surface area (Å²) in [4.78, 5) is 39.3. The molecule has 18 heavy (non-hydrogen) atoms. The first-order valence-electron chi connectivity index (χ1n) is 4.65. The molecule has 0 unspecified atom stereocenters. The molecule has 2 rings (SSSR count). The second-order valence-corrected chi connectivity index (χ2v) is 3.35. The minimum absolute atomic E-state index is 0.173. The molecule has 9 nitrogen and oxygen atoms in total. The van der Waals surface area contributed by atoms with Crippen LogP contribution in [-0.2, 0) is 6.54 Å². The molecule has 2 N–H and O–H groups in total. The van der Waals surface area contributed by atoms with E-state index in [1.807, 2.05) is 0 Å². The van der Waals surface area contributed by atoms with E-state index < -0.39 is 27.9 Å². The van der Waals surface area contributed by atoms with Gasteiger partial charge in [-0.25, -0.2) is 9.78 Å². The number of nitro groups is 1. The van der Waals surface area contributed by atoms with Crippen molar-refractivity contribution in [2.75, 3.05) is 0 Å². The van der Waals surface area contributed by atoms with Crippen molar-refractivity contribution in [2.24, 2.45) is 0 Å². The van der Waals surface area contributed by atoms with Crippen LogP contribution in [0.1, 0.15) is 5.69 Å². The lowest BCUT2D eigenvalue weighted by Gasteiger charge is -2.00. The maximum absolute atomic E-state index is 13.0. The smallest absolute Gasteiger partial charge is 0.390 e. The molecule has 2 heterocycles. The van der Waals surface area contributed by atoms with E-state index in [1.54, 1.807) is 4.98 Å². The van der Waals surface area contributed by atoms with Crippen LogP contribution in [0.15, 0.2) is 22.0 Å². The molecule has 0 aromatic carbocycles. The van der Waals surface area contributed by atoms with E-state index in [-0.39, 0.29) is 12.2 Å². The Balaban J connectivity index is 2.34. The van der Waals surface area contributed by atoms with Gasteiger partial charge in [-0.05, 0) is 4.92 Å². The largest absolute Gasteiger partial charge is 0.432 e. The highest BCUT2D eigenvalue weighted by molar-refractivity contribution is 5.11. The average Bonchev–Trinajstić information content (AvgIpc) is 2.74. The van der Waals surface area contributed by atoms with Gasteiger partial charge in [-0.3, -0.25) is 14.3 Å². The van der Waals surface area contributed by atoms with Crippen LogP contribution in [0.4, 0.5) is 10.3 Å². The fourth-order valence-corrected chi connectivity index (χ4v) is 1.30. The van der Waals surface area contributed by atoms with Crippen LogP contribution in [-0.4, -0.2) is 24.4 Å². The summed E-state index contributed by atoms with van der Waals surface area (Å²) in [5.41, 5.74) is -1.71. The fourth-order valence-electron chi connectivity index (χ4n) is 1.30. The van der Waals surface area contributed by atoms with Gasteiger partial charge in [0.25, 0.3) is 5.56 Å². The van der Waals surface area contributed by atoms with E-state index in [0.29, 0.717) is 6.20 Å². The predicted octanol–water partition coefficient (Wildman–Crippen LogP) is -0.645. The third kappa shape index (κ3) is 2.16. The number of halogens is 1. The molecule has 0 saturated heterocycles. The second-order valence-electron chi connectivity index (χ2n) is 3.35. The topological polar surface area (TPSA) is 127 Å². The van der Waals surface area contributed by atoms with Gasteiger partial charge in [0.05, 0.1) is 12.7 Å². The quantitative estimate of drug-likeness (QED) is 0.556. The standard InChI is InChI=1S/C8H6FN5O4/c9-5-3-13(8(16)12-6(5)15)2-4-1-10-7(11-4)14(17)18/h1,3H,2H2,(H,10,11)(H,12,15,16). The van der Waals surface area contributed by atoms with Crippen molar-refractivity contribution < 1.29 is 9.31 Å². The molecule has 2 aromatic rings. The number of hydrogen-bond donors (Lipinski definition) is 2. The van der Waals surface area contributed by atoms with Crippen molar-refractivity contribution in [1.29, 1.82) is 0 Å². The van der Waals surface area contributed by atoms with Gasteiger partial charge in [-0.1, -0.05) is 4.98 Å². The summed E-state index contributed by atoms with van der Waals surface area (Å²) in [5, 5.41) is 10.4. The van der Waals surface area contributed by atoms with Crippen LogP contribution >= 0.6 is 0 Å². The zero-order chi connectivity index (χ0) is 13.3. The van der Waals surface area contributed by atoms with E-state index >= 15 is 0 Å². The van der Waals surface area contributed by atoms with Crippen molar-refractivity contribution in [3.8, 4) is 0 Å². The number of rotatable bonds is 3. The highest BCUT2D eigenvalue weighted by Crippen LogP contribution is 2.05. The monoisotopic (exact) mass is 255 g/mol. The zero-order valence-corrected chi connectivity index (χ0v) is 8.71. The number of nitrogens with zero attached hydrogens (tertiary/aromatic N) is 3. The Morgan fingerprint density at radius 3 is 2.78 bits per heavy atom. The third-order valence-electron chi connectivity index (χ3n) is 2.10. The maximum Gasteiger partial charge on any atom is 0.432 e. The van der Waals surface area contributed by atoms with Gasteiger partial charge in [0.1, 0.15) is 11.9 Å². The number of nitrogens with one attached hydrogen (secondary N) is 2. The van der Waals surface area contributed by atoms with Crippen LogP contribution in [0.25, 0.3) is 0 Å². The first-order valence-corrected chi connectivity index (χ1v) is 4.65. The fraction of sp³-hybridized carbons (Fsp3) is 0.125. The molecule has 0 bridgehead atoms. The van der Waals surface area contributed by atoms with Gasteiger partial charge >= 0.3 is 11.6 Å². The predicted molar refractivity (Wildman–Crippen MR) is 55.6 cm³/mol. The Bertz CT molecular complexity index is 715. The summed E-state index contributed by atoms with van der Waals surface area (Å²) >= 11 is 0. The highest BCUT2D eigenvalue weighted by atomic mass is 19.1. The van der Waals surface area contributed by atoms with Crippen molar-refractivity contribution in [2.45, 2.75) is 6.54 Å². The molecule has 94 valence electrons. The summed E-state index contributed by atoms with van der Waals surface area (Å²) in [7, 11) is 0. The molecule has 0 radical (unpaired) electrons. The lowest BCUT2D eigenvalue weighted by Crippen LogP contribution is -2.31. The van der Waals surface area contributed by atoms with E-state index in [1.165, 1.54) is 0 Å². The first kappa shape index (κ1) is 11.7. The van der Waals surface area contributed by atoms with E-state index in [0.717, 1.165) is 10.8 Å². The Labute approximate surface area is 97.1 Å². The molecule has 0 spiro atoms. The number of hydrogen-bond acceptors (Lipinski definition) is 5. The lowest BCUT2D eigenvalue weighted by atomic mass is 10.4. The van der Waals surface area contributed by atoms with Crippen molar-refractivity contribution in [3.05, 3.63) is 54.9 Å². The van der Waals surface area contributed by atoms with Gasteiger partial charge in [0, 0.05) is 0 Å². The molecule has 0 atom stereocenters. The summed E-state index contributed by atoms with van der Waals surface area (Å²) in [5.74, 6) is -1.61. The van der Waals surface area contributed by atoms with Crippen LogP contribution in [0.3, 0.4) is 0 Å². The van der Waals surface area contributed by atoms with Gasteiger partial charge in [-0.2, -0.15) is 4.39 Å². The Kier molecular flexibility index (Phi) is 2.75. The molecule has 0 fully saturated rings. The Hall–Kier alpha value is -2.78. The molecular weight excluding hydrogens is 249 g/mol. The van der Waals surface area contributed by atoms with Gasteiger partial charge in [0.2, 0.25) is 5.82 Å². The van der Waals surface area contributed by atoms with Gasteiger partial charge < -0.3 is 10.1 Å². The molecule has 0 amide bonds. The molecule has 0 saturated carbocycles. The summed E-state index contributed by atoms with van der Waals surface area (Å²) < 4.78 is 13.8. The number of aromatic nitrogens is 4. The lowest BCUT2D eigenvalue weighted by molar-refractivity contribution is -0.393.